The summed E-state index contributed by atoms with van der Waals surface area (Å²) in [4.78, 5) is 26.2. The quantitative estimate of drug-likeness (QED) is 0.579. The van der Waals surface area contributed by atoms with Gasteiger partial charge in [0.2, 0.25) is 5.91 Å². The van der Waals surface area contributed by atoms with Gasteiger partial charge in [-0.05, 0) is 84.5 Å². The van der Waals surface area contributed by atoms with E-state index < -0.39 is 0 Å². The molecule has 1 N–H and O–H groups in total. The standard InChI is InChI=1S/C26H28FN3O2/c1-7-25(31)28-21-9-8-18(12-22-16(2)10-20(27)11-17(22)3)23(14-21)19-13-24(29(4)5)26(32)30(6)15-19/h7-11,13-15H,1,12H2,2-6H3,(H,28,31). The van der Waals surface area contributed by atoms with Gasteiger partial charge in [-0.15, -0.1) is 0 Å². The molecule has 1 heterocycles. The number of hydrogen-bond acceptors (Lipinski definition) is 3. The number of benzene rings is 2. The molecular weight excluding hydrogens is 405 g/mol. The Morgan fingerprint density at radius 2 is 1.81 bits per heavy atom. The molecule has 3 aromatic rings. The van der Waals surface area contributed by atoms with E-state index in [1.54, 1.807) is 22.7 Å². The highest BCUT2D eigenvalue weighted by molar-refractivity contribution is 5.99. The average molecular weight is 434 g/mol. The number of halogens is 1. The molecule has 0 aliphatic rings. The molecule has 0 bridgehead atoms. The van der Waals surface area contributed by atoms with Crippen molar-refractivity contribution in [2.45, 2.75) is 20.3 Å². The van der Waals surface area contributed by atoms with Crippen LogP contribution in [0.2, 0.25) is 0 Å². The van der Waals surface area contributed by atoms with Crippen molar-refractivity contribution in [1.29, 1.82) is 0 Å². The third kappa shape index (κ3) is 4.80. The van der Waals surface area contributed by atoms with Crippen molar-refractivity contribution in [3.63, 3.8) is 0 Å². The summed E-state index contributed by atoms with van der Waals surface area (Å²) >= 11 is 0. The summed E-state index contributed by atoms with van der Waals surface area (Å²) < 4.78 is 15.4. The maximum atomic E-state index is 13.8. The number of anilines is 2. The first-order valence-corrected chi connectivity index (χ1v) is 10.3. The summed E-state index contributed by atoms with van der Waals surface area (Å²) in [6.45, 7) is 7.31. The van der Waals surface area contributed by atoms with Gasteiger partial charge in [0.15, 0.2) is 0 Å². The smallest absolute Gasteiger partial charge is 0.273 e. The molecule has 0 spiro atoms. The van der Waals surface area contributed by atoms with Crippen molar-refractivity contribution in [3.05, 3.63) is 93.7 Å². The van der Waals surface area contributed by atoms with Crippen LogP contribution in [-0.4, -0.2) is 24.6 Å². The van der Waals surface area contributed by atoms with Gasteiger partial charge in [-0.2, -0.15) is 0 Å². The van der Waals surface area contributed by atoms with Crippen molar-refractivity contribution in [1.82, 2.24) is 4.57 Å². The number of carbonyl (C=O) groups excluding carboxylic acids is 1. The number of nitrogens with one attached hydrogen (secondary N) is 1. The highest BCUT2D eigenvalue weighted by Crippen LogP contribution is 2.31. The van der Waals surface area contributed by atoms with Gasteiger partial charge in [-0.25, -0.2) is 4.39 Å². The number of hydrogen-bond donors (Lipinski definition) is 1. The van der Waals surface area contributed by atoms with Crippen LogP contribution in [-0.2, 0) is 18.3 Å². The predicted molar refractivity (Wildman–Crippen MR) is 129 cm³/mol. The zero-order chi connectivity index (χ0) is 23.6. The molecule has 1 aromatic heterocycles. The Morgan fingerprint density at radius 1 is 1.16 bits per heavy atom. The molecule has 0 saturated carbocycles. The fraction of sp³-hybridized carbons (Fsp3) is 0.231. The number of pyridine rings is 1. The van der Waals surface area contributed by atoms with Crippen LogP contribution in [0, 0.1) is 19.7 Å². The molecule has 0 unspecified atom stereocenters. The Kier molecular flexibility index (Phi) is 6.63. The van der Waals surface area contributed by atoms with Gasteiger partial charge < -0.3 is 14.8 Å². The average Bonchev–Trinajstić information content (AvgIpc) is 2.72. The Bertz CT molecular complexity index is 1240. The van der Waals surface area contributed by atoms with Crippen LogP contribution in [0.3, 0.4) is 0 Å². The summed E-state index contributed by atoms with van der Waals surface area (Å²) in [6, 6.07) is 10.6. The number of aromatic nitrogens is 1. The highest BCUT2D eigenvalue weighted by atomic mass is 19.1. The fourth-order valence-electron chi connectivity index (χ4n) is 3.84. The van der Waals surface area contributed by atoms with Crippen LogP contribution in [0.15, 0.2) is 60.0 Å². The van der Waals surface area contributed by atoms with Crippen LogP contribution in [0.25, 0.3) is 11.1 Å². The number of aryl methyl sites for hydroxylation is 3. The maximum absolute atomic E-state index is 13.8. The molecule has 32 heavy (non-hydrogen) atoms. The number of nitrogens with zero attached hydrogens (tertiary/aromatic N) is 2. The van der Waals surface area contributed by atoms with Crippen molar-refractivity contribution in [3.8, 4) is 11.1 Å². The molecule has 0 radical (unpaired) electrons. The van der Waals surface area contributed by atoms with Crippen molar-refractivity contribution < 1.29 is 9.18 Å². The topological polar surface area (TPSA) is 54.3 Å². The summed E-state index contributed by atoms with van der Waals surface area (Å²) in [7, 11) is 5.37. The molecule has 0 atom stereocenters. The van der Waals surface area contributed by atoms with E-state index in [4.69, 9.17) is 0 Å². The molecule has 0 saturated heterocycles. The summed E-state index contributed by atoms with van der Waals surface area (Å²) in [5.41, 5.74) is 6.63. The van der Waals surface area contributed by atoms with E-state index in [-0.39, 0.29) is 17.3 Å². The highest BCUT2D eigenvalue weighted by Gasteiger charge is 2.15. The van der Waals surface area contributed by atoms with Gasteiger partial charge in [0, 0.05) is 38.6 Å². The second-order valence-corrected chi connectivity index (χ2v) is 8.18. The molecule has 2 aromatic carbocycles. The summed E-state index contributed by atoms with van der Waals surface area (Å²) in [5.74, 6) is -0.552. The van der Waals surface area contributed by atoms with Gasteiger partial charge in [0.05, 0.1) is 0 Å². The van der Waals surface area contributed by atoms with E-state index in [2.05, 4.69) is 11.9 Å². The Balaban J connectivity index is 2.20. The van der Waals surface area contributed by atoms with Gasteiger partial charge in [0.25, 0.3) is 5.56 Å². The van der Waals surface area contributed by atoms with E-state index in [0.29, 0.717) is 17.8 Å². The maximum Gasteiger partial charge on any atom is 0.273 e. The van der Waals surface area contributed by atoms with Crippen LogP contribution in [0.5, 0.6) is 0 Å². The van der Waals surface area contributed by atoms with Gasteiger partial charge in [-0.3, -0.25) is 9.59 Å². The normalized spacial score (nSPS) is 10.7. The lowest BCUT2D eigenvalue weighted by atomic mass is 9.91. The SMILES string of the molecule is C=CC(=O)Nc1ccc(Cc2c(C)cc(F)cc2C)c(-c2cc(N(C)C)c(=O)n(C)c2)c1. The second kappa shape index (κ2) is 9.22. The minimum atomic E-state index is -0.302. The lowest BCUT2D eigenvalue weighted by molar-refractivity contribution is -0.111. The van der Waals surface area contributed by atoms with Crippen LogP contribution >= 0.6 is 0 Å². The zero-order valence-electron chi connectivity index (χ0n) is 19.1. The van der Waals surface area contributed by atoms with Crippen LogP contribution < -0.4 is 15.8 Å². The summed E-state index contributed by atoms with van der Waals surface area (Å²) in [5, 5.41) is 2.80. The van der Waals surface area contributed by atoms with E-state index >= 15 is 0 Å². The first-order chi connectivity index (χ1) is 15.1. The number of rotatable bonds is 6. The van der Waals surface area contributed by atoms with E-state index in [1.165, 1.54) is 18.2 Å². The molecule has 0 fully saturated rings. The molecule has 1 amide bonds. The van der Waals surface area contributed by atoms with Gasteiger partial charge >= 0.3 is 0 Å². The molecular formula is C26H28FN3O2. The third-order valence-corrected chi connectivity index (χ3v) is 5.55. The second-order valence-electron chi connectivity index (χ2n) is 8.18. The van der Waals surface area contributed by atoms with E-state index in [9.17, 15) is 14.0 Å². The van der Waals surface area contributed by atoms with Gasteiger partial charge in [0.1, 0.15) is 11.5 Å². The first kappa shape index (κ1) is 23.0. The molecule has 3 rings (SSSR count). The predicted octanol–water partition coefficient (Wildman–Crippen LogP) is 4.59. The third-order valence-electron chi connectivity index (χ3n) is 5.55. The zero-order valence-corrected chi connectivity index (χ0v) is 19.1. The Morgan fingerprint density at radius 3 is 2.41 bits per heavy atom. The first-order valence-electron chi connectivity index (χ1n) is 10.3. The van der Waals surface area contributed by atoms with Crippen molar-refractivity contribution in [2.24, 2.45) is 7.05 Å². The van der Waals surface area contributed by atoms with E-state index in [1.807, 2.05) is 52.2 Å². The minimum absolute atomic E-state index is 0.0957. The molecule has 6 heteroatoms. The minimum Gasteiger partial charge on any atom is -0.373 e. The van der Waals surface area contributed by atoms with E-state index in [0.717, 1.165) is 33.4 Å². The number of amides is 1. The fourth-order valence-corrected chi connectivity index (χ4v) is 3.84. The number of carbonyl (C=O) groups is 1. The lowest BCUT2D eigenvalue weighted by Crippen LogP contribution is -2.25. The Labute approximate surface area is 187 Å². The van der Waals surface area contributed by atoms with Crippen LogP contribution in [0.1, 0.15) is 22.3 Å². The largest absolute Gasteiger partial charge is 0.373 e. The molecule has 0 aliphatic carbocycles. The lowest BCUT2D eigenvalue weighted by Gasteiger charge is -2.18. The summed E-state index contributed by atoms with van der Waals surface area (Å²) in [6.07, 6.45) is 3.59. The van der Waals surface area contributed by atoms with Crippen molar-refractivity contribution in [2.75, 3.05) is 24.3 Å². The Hall–Kier alpha value is -3.67. The van der Waals surface area contributed by atoms with Crippen LogP contribution in [0.4, 0.5) is 15.8 Å². The van der Waals surface area contributed by atoms with Crippen molar-refractivity contribution >= 4 is 17.3 Å². The monoisotopic (exact) mass is 433 g/mol. The molecule has 166 valence electrons. The van der Waals surface area contributed by atoms with Gasteiger partial charge in [-0.1, -0.05) is 12.6 Å². The molecule has 5 nitrogen and oxygen atoms in total. The molecule has 0 aliphatic heterocycles.